The maximum atomic E-state index is 4.61. The van der Waals surface area contributed by atoms with Gasteiger partial charge in [-0.25, -0.2) is 24.3 Å². The Bertz CT molecular complexity index is 268. The predicted octanol–water partition coefficient (Wildman–Crippen LogP) is 3.57. The summed E-state index contributed by atoms with van der Waals surface area (Å²) in [5.74, 6) is 0. The van der Waals surface area contributed by atoms with Gasteiger partial charge in [-0.2, -0.15) is 36.4 Å². The molecule has 17 heavy (non-hydrogen) atoms. The van der Waals surface area contributed by atoms with Crippen molar-refractivity contribution >= 4 is 29.2 Å². The molecule has 0 amide bonds. The van der Waals surface area contributed by atoms with Gasteiger partial charge in [-0.3, -0.25) is 0 Å². The number of rotatable bonds is 0. The van der Waals surface area contributed by atoms with Gasteiger partial charge in [-0.15, -0.1) is 12.6 Å². The summed E-state index contributed by atoms with van der Waals surface area (Å²) >= 11 is 8.46. The fourth-order valence-corrected chi connectivity index (χ4v) is 0.642. The number of hydrogen-bond acceptors (Lipinski definition) is 1. The zero-order chi connectivity index (χ0) is 12.2. The molecule has 0 saturated carbocycles. The molecule has 1 nitrogen and oxygen atoms in total. The van der Waals surface area contributed by atoms with Gasteiger partial charge in [0.25, 0.3) is 0 Å². The van der Waals surface area contributed by atoms with E-state index < -0.39 is 0 Å². The van der Waals surface area contributed by atoms with E-state index >= 15 is 0 Å². The summed E-state index contributed by atoms with van der Waals surface area (Å²) in [6, 6.07) is 20.0. The van der Waals surface area contributed by atoms with Gasteiger partial charge in [0, 0.05) is 14.1 Å². The molecular formula is C13H17FeNS2. The maximum Gasteiger partial charge on any atom is 2.00 e. The van der Waals surface area contributed by atoms with Gasteiger partial charge < -0.3 is 4.90 Å². The van der Waals surface area contributed by atoms with Crippen molar-refractivity contribution in [2.45, 2.75) is 0 Å². The third-order valence-corrected chi connectivity index (χ3v) is 2.26. The first-order chi connectivity index (χ1) is 7.64. The minimum Gasteiger partial charge on any atom is -0.364 e. The van der Waals surface area contributed by atoms with E-state index in [-0.39, 0.29) is 17.1 Å². The van der Waals surface area contributed by atoms with Crippen LogP contribution >= 0.6 is 24.8 Å². The Kier molecular flexibility index (Phi) is 15.0. The largest absolute Gasteiger partial charge is 2.00 e. The first-order valence-electron chi connectivity index (χ1n) is 4.88. The van der Waals surface area contributed by atoms with Crippen LogP contribution in [0.1, 0.15) is 0 Å². The van der Waals surface area contributed by atoms with Gasteiger partial charge in [0.2, 0.25) is 0 Å². The van der Waals surface area contributed by atoms with Crippen LogP contribution in [-0.2, 0) is 17.1 Å². The van der Waals surface area contributed by atoms with Crippen LogP contribution in [0.2, 0.25) is 0 Å². The summed E-state index contributed by atoms with van der Waals surface area (Å²) in [6.45, 7) is 0. The molecule has 0 aromatic heterocycles. The van der Waals surface area contributed by atoms with Crippen molar-refractivity contribution in [1.29, 1.82) is 0 Å². The fraction of sp³-hybridized carbons (Fsp3) is 0.154. The van der Waals surface area contributed by atoms with Crippen molar-refractivity contribution in [3.8, 4) is 0 Å². The zero-order valence-electron chi connectivity index (χ0n) is 9.93. The van der Waals surface area contributed by atoms with Crippen molar-refractivity contribution in [2.24, 2.45) is 0 Å². The van der Waals surface area contributed by atoms with Crippen molar-refractivity contribution < 1.29 is 17.1 Å². The molecule has 94 valence electrons. The Balaban J connectivity index is 0. The van der Waals surface area contributed by atoms with E-state index in [1.54, 1.807) is 4.90 Å². The van der Waals surface area contributed by atoms with Crippen molar-refractivity contribution in [3.63, 3.8) is 0 Å². The molecule has 2 aromatic carbocycles. The van der Waals surface area contributed by atoms with E-state index in [4.69, 9.17) is 0 Å². The van der Waals surface area contributed by atoms with E-state index in [1.165, 1.54) is 0 Å². The Morgan fingerprint density at radius 3 is 1.24 bits per heavy atom. The van der Waals surface area contributed by atoms with Crippen LogP contribution in [-0.4, -0.2) is 23.3 Å². The molecule has 0 radical (unpaired) electrons. The van der Waals surface area contributed by atoms with Gasteiger partial charge >= 0.3 is 17.1 Å². The van der Waals surface area contributed by atoms with Crippen LogP contribution in [0, 0.1) is 0 Å². The Morgan fingerprint density at radius 1 is 0.941 bits per heavy atom. The standard InChI is InChI=1S/2C5H5.C3H7NS2.Fe/c2*1-2-4-5-3-1;1-4(2)3(5)6;/h2*1-5H;1-2H3,(H,5,6);/q2*-1;;+2. The fourth-order valence-electron chi connectivity index (χ4n) is 0.642. The summed E-state index contributed by atoms with van der Waals surface area (Å²) in [6.07, 6.45) is 0. The summed E-state index contributed by atoms with van der Waals surface area (Å²) in [7, 11) is 3.71. The quantitative estimate of drug-likeness (QED) is 0.343. The average Bonchev–Trinajstić information content (AvgIpc) is 2.97. The monoisotopic (exact) mass is 307 g/mol. The molecule has 0 N–H and O–H groups in total. The molecule has 0 aliphatic heterocycles. The van der Waals surface area contributed by atoms with Crippen LogP contribution in [0.4, 0.5) is 0 Å². The van der Waals surface area contributed by atoms with Gasteiger partial charge in [0.05, 0.1) is 0 Å². The van der Waals surface area contributed by atoms with E-state index in [9.17, 15) is 0 Å². The minimum absolute atomic E-state index is 0. The van der Waals surface area contributed by atoms with Gasteiger partial charge in [-0.05, 0) is 0 Å². The van der Waals surface area contributed by atoms with E-state index in [2.05, 4.69) is 24.8 Å². The number of nitrogens with zero attached hydrogens (tertiary/aromatic N) is 1. The first kappa shape index (κ1) is 18.8. The predicted molar refractivity (Wildman–Crippen MR) is 79.3 cm³/mol. The van der Waals surface area contributed by atoms with Gasteiger partial charge in [0.15, 0.2) is 0 Å². The van der Waals surface area contributed by atoms with Crippen molar-refractivity contribution in [2.75, 3.05) is 14.1 Å². The number of thiol groups is 1. The smallest absolute Gasteiger partial charge is 0.364 e. The Morgan fingerprint density at radius 2 is 1.18 bits per heavy atom. The van der Waals surface area contributed by atoms with E-state index in [0.29, 0.717) is 4.32 Å². The molecular weight excluding hydrogens is 290 g/mol. The van der Waals surface area contributed by atoms with Crippen LogP contribution in [0.15, 0.2) is 60.7 Å². The van der Waals surface area contributed by atoms with Gasteiger partial charge in [-0.1, -0.05) is 12.2 Å². The molecule has 0 bridgehead atoms. The summed E-state index contributed by atoms with van der Waals surface area (Å²) in [5, 5.41) is 0. The molecule has 0 atom stereocenters. The Hall–Kier alpha value is -0.541. The molecule has 0 spiro atoms. The average molecular weight is 307 g/mol. The topological polar surface area (TPSA) is 3.24 Å². The second kappa shape index (κ2) is 13.5. The molecule has 0 fully saturated rings. The SMILES string of the molecule is CN(C)C(=S)S.[Fe+2].c1cc[cH-]c1.c1cc[cH-]c1. The second-order valence-corrected chi connectivity index (χ2v) is 4.21. The maximum absolute atomic E-state index is 4.61. The third-order valence-electron chi connectivity index (χ3n) is 1.49. The second-order valence-electron chi connectivity index (χ2n) is 3.10. The van der Waals surface area contributed by atoms with Crippen molar-refractivity contribution in [1.82, 2.24) is 4.90 Å². The van der Waals surface area contributed by atoms with E-state index in [1.807, 2.05) is 74.8 Å². The first-order valence-corrected chi connectivity index (χ1v) is 5.73. The normalized spacial score (nSPS) is 7.47. The van der Waals surface area contributed by atoms with Crippen LogP contribution in [0.25, 0.3) is 0 Å². The molecule has 0 aliphatic rings. The molecule has 0 aliphatic carbocycles. The minimum atomic E-state index is 0. The Labute approximate surface area is 125 Å². The molecule has 2 rings (SSSR count). The number of hydrogen-bond donors (Lipinski definition) is 1. The van der Waals surface area contributed by atoms with Gasteiger partial charge in [0.1, 0.15) is 4.32 Å². The molecule has 0 unspecified atom stereocenters. The molecule has 4 heteroatoms. The number of thiocarbonyl (C=S) groups is 1. The van der Waals surface area contributed by atoms with Crippen molar-refractivity contribution in [3.05, 3.63) is 60.7 Å². The van der Waals surface area contributed by atoms with Crippen LogP contribution < -0.4 is 0 Å². The third kappa shape index (κ3) is 15.5. The molecule has 2 aromatic rings. The summed E-state index contributed by atoms with van der Waals surface area (Å²) in [4.78, 5) is 1.76. The summed E-state index contributed by atoms with van der Waals surface area (Å²) in [5.41, 5.74) is 0. The molecule has 0 heterocycles. The zero-order valence-corrected chi connectivity index (χ0v) is 12.7. The van der Waals surface area contributed by atoms with E-state index in [0.717, 1.165) is 0 Å². The summed E-state index contributed by atoms with van der Waals surface area (Å²) < 4.78 is 0.620. The van der Waals surface area contributed by atoms with Crippen LogP contribution in [0.5, 0.6) is 0 Å². The van der Waals surface area contributed by atoms with Crippen LogP contribution in [0.3, 0.4) is 0 Å². The molecule has 0 saturated heterocycles.